The molecule has 0 saturated carbocycles. The highest BCUT2D eigenvalue weighted by atomic mass is 16.3. The summed E-state index contributed by atoms with van der Waals surface area (Å²) >= 11 is 0. The van der Waals surface area contributed by atoms with Crippen molar-refractivity contribution in [2.45, 2.75) is 26.3 Å². The highest BCUT2D eigenvalue weighted by molar-refractivity contribution is 5.74. The molecular weight excluding hydrogens is 204 g/mol. The van der Waals surface area contributed by atoms with E-state index in [2.05, 4.69) is 10.6 Å². The van der Waals surface area contributed by atoms with E-state index in [-0.39, 0.29) is 17.8 Å². The van der Waals surface area contributed by atoms with Gasteiger partial charge in [0.25, 0.3) is 0 Å². The van der Waals surface area contributed by atoms with Crippen molar-refractivity contribution in [3.63, 3.8) is 0 Å². The molecule has 2 amide bonds. The monoisotopic (exact) mass is 222 g/mol. The van der Waals surface area contributed by atoms with Gasteiger partial charge in [0, 0.05) is 6.54 Å². The predicted molar refractivity (Wildman–Crippen MR) is 63.3 cm³/mol. The van der Waals surface area contributed by atoms with E-state index in [1.807, 2.05) is 19.9 Å². The van der Waals surface area contributed by atoms with Gasteiger partial charge in [0.05, 0.1) is 6.04 Å². The molecule has 0 aliphatic carbocycles. The molecule has 88 valence electrons. The second-order valence-electron chi connectivity index (χ2n) is 3.72. The summed E-state index contributed by atoms with van der Waals surface area (Å²) in [5.41, 5.74) is 0.881. The third kappa shape index (κ3) is 3.81. The zero-order chi connectivity index (χ0) is 12.0. The molecule has 0 heterocycles. The summed E-state index contributed by atoms with van der Waals surface area (Å²) in [6, 6.07) is 6.57. The van der Waals surface area contributed by atoms with Gasteiger partial charge < -0.3 is 15.7 Å². The highest BCUT2D eigenvalue weighted by Crippen LogP contribution is 2.17. The number of benzene rings is 1. The maximum absolute atomic E-state index is 11.4. The first kappa shape index (κ1) is 12.4. The number of phenolic OH excluding ortho intramolecular Hbond substituents is 1. The Bertz CT molecular complexity index is 353. The minimum atomic E-state index is -0.183. The lowest BCUT2D eigenvalue weighted by Gasteiger charge is -2.14. The number of aromatic hydroxyl groups is 1. The Balaban J connectivity index is 2.52. The Hall–Kier alpha value is -1.71. The first-order chi connectivity index (χ1) is 7.63. The van der Waals surface area contributed by atoms with Crippen LogP contribution in [0.5, 0.6) is 5.75 Å². The summed E-state index contributed by atoms with van der Waals surface area (Å²) in [6.45, 7) is 4.54. The van der Waals surface area contributed by atoms with Crippen molar-refractivity contribution in [3.05, 3.63) is 29.8 Å². The Morgan fingerprint density at radius 2 is 2.25 bits per heavy atom. The molecule has 0 bridgehead atoms. The van der Waals surface area contributed by atoms with Crippen molar-refractivity contribution in [1.82, 2.24) is 10.6 Å². The zero-order valence-electron chi connectivity index (χ0n) is 9.66. The van der Waals surface area contributed by atoms with Crippen LogP contribution in [0.15, 0.2) is 24.3 Å². The smallest absolute Gasteiger partial charge is 0.315 e. The molecule has 0 aliphatic heterocycles. The SMILES string of the molecule is CCCNC(=O)N[C@@H](C)c1cccc(O)c1. The van der Waals surface area contributed by atoms with E-state index >= 15 is 0 Å². The summed E-state index contributed by atoms with van der Waals surface area (Å²) in [4.78, 5) is 11.4. The van der Waals surface area contributed by atoms with E-state index in [1.165, 1.54) is 0 Å². The number of hydrogen-bond donors (Lipinski definition) is 3. The zero-order valence-corrected chi connectivity index (χ0v) is 9.66. The number of nitrogens with one attached hydrogen (secondary N) is 2. The minimum absolute atomic E-state index is 0.121. The van der Waals surface area contributed by atoms with Gasteiger partial charge in [0.2, 0.25) is 0 Å². The molecule has 0 radical (unpaired) electrons. The fourth-order valence-corrected chi connectivity index (χ4v) is 1.36. The lowest BCUT2D eigenvalue weighted by molar-refractivity contribution is 0.238. The molecule has 1 aromatic carbocycles. The van der Waals surface area contributed by atoms with Crippen LogP contribution in [0.2, 0.25) is 0 Å². The second kappa shape index (κ2) is 6.00. The minimum Gasteiger partial charge on any atom is -0.508 e. The van der Waals surface area contributed by atoms with E-state index in [4.69, 9.17) is 0 Å². The van der Waals surface area contributed by atoms with Gasteiger partial charge in [-0.3, -0.25) is 0 Å². The molecule has 0 aromatic heterocycles. The second-order valence-corrected chi connectivity index (χ2v) is 3.72. The third-order valence-corrected chi connectivity index (χ3v) is 2.25. The standard InChI is InChI=1S/C12H18N2O2/c1-3-7-13-12(16)14-9(2)10-5-4-6-11(15)8-10/h4-6,8-9,15H,3,7H2,1-2H3,(H2,13,14,16)/t9-/m0/s1. The van der Waals surface area contributed by atoms with E-state index in [9.17, 15) is 9.90 Å². The largest absolute Gasteiger partial charge is 0.508 e. The van der Waals surface area contributed by atoms with Crippen molar-refractivity contribution in [2.75, 3.05) is 6.54 Å². The van der Waals surface area contributed by atoms with Crippen LogP contribution >= 0.6 is 0 Å². The fraction of sp³-hybridized carbons (Fsp3) is 0.417. The summed E-state index contributed by atoms with van der Waals surface area (Å²) in [5, 5.41) is 14.8. The normalized spacial score (nSPS) is 11.9. The number of phenols is 1. The summed E-state index contributed by atoms with van der Waals surface area (Å²) < 4.78 is 0. The average Bonchev–Trinajstić information content (AvgIpc) is 2.26. The van der Waals surface area contributed by atoms with Gasteiger partial charge in [-0.15, -0.1) is 0 Å². The summed E-state index contributed by atoms with van der Waals surface area (Å²) in [7, 11) is 0. The van der Waals surface area contributed by atoms with Crippen LogP contribution < -0.4 is 10.6 Å². The molecule has 0 spiro atoms. The molecule has 1 aromatic rings. The lowest BCUT2D eigenvalue weighted by Crippen LogP contribution is -2.37. The molecule has 4 heteroatoms. The molecular formula is C12H18N2O2. The van der Waals surface area contributed by atoms with Gasteiger partial charge in [0.15, 0.2) is 0 Å². The Kier molecular flexibility index (Phi) is 4.64. The van der Waals surface area contributed by atoms with Crippen molar-refractivity contribution in [2.24, 2.45) is 0 Å². The number of hydrogen-bond acceptors (Lipinski definition) is 2. The van der Waals surface area contributed by atoms with Crippen LogP contribution in [-0.4, -0.2) is 17.7 Å². The van der Waals surface area contributed by atoms with Crippen LogP contribution in [-0.2, 0) is 0 Å². The maximum Gasteiger partial charge on any atom is 0.315 e. The molecule has 1 rings (SSSR count). The number of rotatable bonds is 4. The maximum atomic E-state index is 11.4. The topological polar surface area (TPSA) is 61.4 Å². The molecule has 0 saturated heterocycles. The van der Waals surface area contributed by atoms with Crippen molar-refractivity contribution < 1.29 is 9.90 Å². The van der Waals surface area contributed by atoms with Crippen LogP contribution in [0.25, 0.3) is 0 Å². The molecule has 1 atom stereocenters. The molecule has 0 fully saturated rings. The Morgan fingerprint density at radius 1 is 1.50 bits per heavy atom. The van der Waals surface area contributed by atoms with E-state index < -0.39 is 0 Å². The van der Waals surface area contributed by atoms with Gasteiger partial charge in [-0.05, 0) is 31.0 Å². The summed E-state index contributed by atoms with van der Waals surface area (Å²) in [5.74, 6) is 0.208. The van der Waals surface area contributed by atoms with Crippen LogP contribution in [0.1, 0.15) is 31.9 Å². The Morgan fingerprint density at radius 3 is 2.88 bits per heavy atom. The quantitative estimate of drug-likeness (QED) is 0.731. The predicted octanol–water partition coefficient (Wildman–Crippen LogP) is 2.16. The van der Waals surface area contributed by atoms with E-state index in [0.717, 1.165) is 12.0 Å². The highest BCUT2D eigenvalue weighted by Gasteiger charge is 2.08. The third-order valence-electron chi connectivity index (χ3n) is 2.25. The van der Waals surface area contributed by atoms with Crippen LogP contribution in [0.3, 0.4) is 0 Å². The number of carbonyl (C=O) groups is 1. The summed E-state index contributed by atoms with van der Waals surface area (Å²) in [6.07, 6.45) is 0.911. The number of amides is 2. The van der Waals surface area contributed by atoms with Gasteiger partial charge >= 0.3 is 6.03 Å². The Labute approximate surface area is 95.7 Å². The van der Waals surface area contributed by atoms with E-state index in [0.29, 0.717) is 6.54 Å². The average molecular weight is 222 g/mol. The molecule has 0 aliphatic rings. The van der Waals surface area contributed by atoms with Gasteiger partial charge in [-0.2, -0.15) is 0 Å². The molecule has 16 heavy (non-hydrogen) atoms. The lowest BCUT2D eigenvalue weighted by atomic mass is 10.1. The van der Waals surface area contributed by atoms with Crippen molar-refractivity contribution >= 4 is 6.03 Å². The molecule has 0 unspecified atom stereocenters. The van der Waals surface area contributed by atoms with Crippen molar-refractivity contribution in [3.8, 4) is 5.75 Å². The van der Waals surface area contributed by atoms with Gasteiger partial charge in [-0.1, -0.05) is 19.1 Å². The van der Waals surface area contributed by atoms with Gasteiger partial charge in [-0.25, -0.2) is 4.79 Å². The first-order valence-electron chi connectivity index (χ1n) is 5.46. The molecule has 4 nitrogen and oxygen atoms in total. The van der Waals surface area contributed by atoms with Gasteiger partial charge in [0.1, 0.15) is 5.75 Å². The van der Waals surface area contributed by atoms with Crippen LogP contribution in [0.4, 0.5) is 4.79 Å². The van der Waals surface area contributed by atoms with E-state index in [1.54, 1.807) is 18.2 Å². The van der Waals surface area contributed by atoms with Crippen LogP contribution in [0, 0.1) is 0 Å². The molecule has 3 N–H and O–H groups in total. The fourth-order valence-electron chi connectivity index (χ4n) is 1.36. The first-order valence-corrected chi connectivity index (χ1v) is 5.46. The van der Waals surface area contributed by atoms with Crippen molar-refractivity contribution in [1.29, 1.82) is 0 Å². The number of carbonyl (C=O) groups excluding carboxylic acids is 1. The number of urea groups is 1.